The lowest BCUT2D eigenvalue weighted by Crippen LogP contribution is -2.32. The molecule has 1 fully saturated rings. The van der Waals surface area contributed by atoms with Crippen molar-refractivity contribution in [2.45, 2.75) is 24.3 Å². The molecule has 1 aliphatic carbocycles. The number of amides is 1. The fourth-order valence-corrected chi connectivity index (χ4v) is 3.85. The summed E-state index contributed by atoms with van der Waals surface area (Å²) in [7, 11) is 1.53. The molecule has 2 heterocycles. The maximum absolute atomic E-state index is 14.4. The molecule has 1 aromatic heterocycles. The van der Waals surface area contributed by atoms with Gasteiger partial charge in [-0.1, -0.05) is 6.08 Å². The third kappa shape index (κ3) is 4.42. The second-order valence-corrected chi connectivity index (χ2v) is 7.79. The molecular formula is C21H22ClFN4O4. The quantitative estimate of drug-likeness (QED) is 0.656. The number of rotatable bonds is 6. The fraction of sp³-hybridized carbons (Fsp3) is 0.381. The molecule has 164 valence electrons. The largest absolute Gasteiger partial charge is 0.493 e. The van der Waals surface area contributed by atoms with Gasteiger partial charge in [0.05, 0.1) is 30.2 Å². The molecule has 1 aliphatic heterocycles. The Balaban J connectivity index is 1.64. The Kier molecular flexibility index (Phi) is 6.24. The zero-order valence-corrected chi connectivity index (χ0v) is 17.6. The van der Waals surface area contributed by atoms with Gasteiger partial charge in [-0.05, 0) is 18.6 Å². The van der Waals surface area contributed by atoms with Crippen LogP contribution in [0.4, 0.5) is 10.2 Å². The van der Waals surface area contributed by atoms with Crippen LogP contribution < -0.4 is 14.8 Å². The number of aliphatic hydroxyl groups is 1. The number of aliphatic hydroxyl groups excluding tert-OH is 1. The Morgan fingerprint density at radius 1 is 1.39 bits per heavy atom. The first-order valence-electron chi connectivity index (χ1n) is 9.85. The summed E-state index contributed by atoms with van der Waals surface area (Å²) in [6.45, 7) is 0.356. The molecule has 0 bridgehead atoms. The summed E-state index contributed by atoms with van der Waals surface area (Å²) in [5.74, 6) is 0.569. The average molecular weight is 449 g/mol. The van der Waals surface area contributed by atoms with Crippen LogP contribution in [0.25, 0.3) is 10.9 Å². The van der Waals surface area contributed by atoms with Gasteiger partial charge in [-0.25, -0.2) is 14.4 Å². The maximum Gasteiger partial charge on any atom is 0.248 e. The molecule has 10 heteroatoms. The Morgan fingerprint density at radius 3 is 3.00 bits per heavy atom. The van der Waals surface area contributed by atoms with Crippen molar-refractivity contribution < 1.29 is 23.8 Å². The highest BCUT2D eigenvalue weighted by Crippen LogP contribution is 2.36. The Bertz CT molecular complexity index is 1060. The lowest BCUT2D eigenvalue weighted by atomic mass is 10.1. The molecule has 1 amide bonds. The van der Waals surface area contributed by atoms with Crippen LogP contribution in [-0.4, -0.2) is 64.2 Å². The predicted octanol–water partition coefficient (Wildman–Crippen LogP) is 2.77. The highest BCUT2D eigenvalue weighted by molar-refractivity contribution is 6.22. The number of hydrogen-bond acceptors (Lipinski definition) is 7. The number of aromatic nitrogens is 2. The van der Waals surface area contributed by atoms with E-state index in [-0.39, 0.29) is 17.7 Å². The first-order valence-corrected chi connectivity index (χ1v) is 10.3. The summed E-state index contributed by atoms with van der Waals surface area (Å²) in [6, 6.07) is 3.45. The van der Waals surface area contributed by atoms with Gasteiger partial charge in [0.1, 0.15) is 30.7 Å². The third-order valence-corrected chi connectivity index (χ3v) is 5.63. The number of ether oxygens (including phenoxy) is 2. The fourth-order valence-electron chi connectivity index (χ4n) is 3.63. The van der Waals surface area contributed by atoms with Crippen LogP contribution in [0.1, 0.15) is 12.8 Å². The first-order chi connectivity index (χ1) is 15.0. The highest BCUT2D eigenvalue weighted by Gasteiger charge is 2.28. The first kappa shape index (κ1) is 21.3. The molecule has 2 N–H and O–H groups in total. The van der Waals surface area contributed by atoms with E-state index in [1.54, 1.807) is 29.2 Å². The Hall–Kier alpha value is -2.91. The van der Waals surface area contributed by atoms with Crippen molar-refractivity contribution in [3.05, 3.63) is 42.1 Å². The molecule has 2 aromatic rings. The van der Waals surface area contributed by atoms with E-state index in [2.05, 4.69) is 15.3 Å². The van der Waals surface area contributed by atoms with Crippen molar-refractivity contribution in [1.29, 1.82) is 0 Å². The van der Waals surface area contributed by atoms with Crippen LogP contribution >= 0.6 is 11.6 Å². The Morgan fingerprint density at radius 2 is 2.23 bits per heavy atom. The van der Waals surface area contributed by atoms with Crippen LogP contribution in [0.2, 0.25) is 0 Å². The number of fused-ring (bicyclic) bond motifs is 1. The molecule has 0 radical (unpaired) electrons. The lowest BCUT2D eigenvalue weighted by molar-refractivity contribution is -0.133. The number of halogens is 2. The maximum atomic E-state index is 14.4. The van der Waals surface area contributed by atoms with E-state index in [1.807, 2.05) is 0 Å². The molecule has 2 unspecified atom stereocenters. The van der Waals surface area contributed by atoms with E-state index in [9.17, 15) is 9.18 Å². The van der Waals surface area contributed by atoms with E-state index < -0.39 is 17.8 Å². The summed E-state index contributed by atoms with van der Waals surface area (Å²) in [4.78, 5) is 21.8. The smallest absolute Gasteiger partial charge is 0.248 e. The average Bonchev–Trinajstić information content (AvgIpc) is 3.25. The Labute approximate surface area is 183 Å². The number of carbonyl (C=O) groups excluding carboxylic acids is 1. The number of methoxy groups -OCH3 is 1. The van der Waals surface area contributed by atoms with Crippen molar-refractivity contribution in [2.75, 3.05) is 32.1 Å². The third-order valence-electron chi connectivity index (χ3n) is 5.26. The minimum Gasteiger partial charge on any atom is -0.493 e. The van der Waals surface area contributed by atoms with Gasteiger partial charge in [-0.2, -0.15) is 0 Å². The zero-order chi connectivity index (χ0) is 22.0. The van der Waals surface area contributed by atoms with Gasteiger partial charge in [0.15, 0.2) is 11.5 Å². The number of allylic oxidation sites excluding steroid dienone is 3. The minimum absolute atomic E-state index is 0.249. The van der Waals surface area contributed by atoms with Gasteiger partial charge >= 0.3 is 0 Å². The monoisotopic (exact) mass is 448 g/mol. The highest BCUT2D eigenvalue weighted by atomic mass is 35.5. The molecule has 0 spiro atoms. The molecule has 1 aromatic carbocycles. The van der Waals surface area contributed by atoms with E-state index in [1.165, 1.54) is 13.4 Å². The summed E-state index contributed by atoms with van der Waals surface area (Å²) in [6.07, 6.45) is 5.61. The molecule has 2 aliphatic rings. The zero-order valence-electron chi connectivity index (χ0n) is 16.8. The van der Waals surface area contributed by atoms with Gasteiger partial charge in [0, 0.05) is 24.4 Å². The van der Waals surface area contributed by atoms with Crippen molar-refractivity contribution in [1.82, 2.24) is 14.9 Å². The van der Waals surface area contributed by atoms with Crippen LogP contribution in [0.3, 0.4) is 0 Å². The van der Waals surface area contributed by atoms with E-state index in [0.29, 0.717) is 54.2 Å². The van der Waals surface area contributed by atoms with Gasteiger partial charge in [-0.3, -0.25) is 4.79 Å². The molecule has 4 rings (SSSR count). The van der Waals surface area contributed by atoms with Crippen molar-refractivity contribution >= 4 is 34.2 Å². The summed E-state index contributed by atoms with van der Waals surface area (Å²) < 4.78 is 26.0. The lowest BCUT2D eigenvalue weighted by Gasteiger charge is -2.19. The van der Waals surface area contributed by atoms with E-state index in [0.717, 1.165) is 0 Å². The second kappa shape index (κ2) is 9.07. The number of alkyl halides is 1. The predicted molar refractivity (Wildman–Crippen MR) is 114 cm³/mol. The molecule has 2 atom stereocenters. The minimum atomic E-state index is -0.716. The van der Waals surface area contributed by atoms with Gasteiger partial charge in [-0.15, -0.1) is 11.6 Å². The van der Waals surface area contributed by atoms with Gasteiger partial charge in [0.25, 0.3) is 0 Å². The topological polar surface area (TPSA) is 96.8 Å². The number of carbonyl (C=O) groups is 1. The molecular weight excluding hydrogens is 427 g/mol. The van der Waals surface area contributed by atoms with Crippen LogP contribution in [-0.2, 0) is 4.79 Å². The van der Waals surface area contributed by atoms with Gasteiger partial charge in [0.2, 0.25) is 5.91 Å². The van der Waals surface area contributed by atoms with E-state index >= 15 is 0 Å². The summed E-state index contributed by atoms with van der Waals surface area (Å²) in [5.41, 5.74) is 0.840. The summed E-state index contributed by atoms with van der Waals surface area (Å²) >= 11 is 6.01. The van der Waals surface area contributed by atoms with Crippen LogP contribution in [0.15, 0.2) is 42.1 Å². The SMILES string of the molecule is COc1cc2ncnc(NC3=C(F)C(Cl)CC=C3)c2cc1OC1CCN(C(=O)CO)C1. The second-order valence-electron chi connectivity index (χ2n) is 7.26. The van der Waals surface area contributed by atoms with Crippen molar-refractivity contribution in [3.8, 4) is 11.5 Å². The van der Waals surface area contributed by atoms with Crippen molar-refractivity contribution in [2.24, 2.45) is 0 Å². The number of nitrogens with one attached hydrogen (secondary N) is 1. The van der Waals surface area contributed by atoms with Crippen molar-refractivity contribution in [3.63, 3.8) is 0 Å². The summed E-state index contributed by atoms with van der Waals surface area (Å²) in [5, 5.41) is 12.0. The van der Waals surface area contributed by atoms with Crippen LogP contribution in [0, 0.1) is 0 Å². The number of nitrogens with zero attached hydrogens (tertiary/aromatic N) is 3. The standard InChI is InChI=1S/C21H22ClFN4O4/c1-30-17-8-16-13(7-18(17)31-12-5-6-27(9-12)19(29)10-28)21(25-11-24-16)26-15-4-2-3-14(22)20(15)23/h2,4,7-8,11-12,14,28H,3,5-6,9-10H2,1H3,(H,24,25,26). The molecule has 31 heavy (non-hydrogen) atoms. The van der Waals surface area contributed by atoms with E-state index in [4.69, 9.17) is 26.2 Å². The molecule has 0 saturated carbocycles. The molecule has 8 nitrogen and oxygen atoms in total. The number of likely N-dealkylation sites (tertiary alicyclic amines) is 1. The number of anilines is 1. The van der Waals surface area contributed by atoms with Gasteiger partial charge < -0.3 is 24.8 Å². The number of benzene rings is 1. The van der Waals surface area contributed by atoms with Crippen LogP contribution in [0.5, 0.6) is 11.5 Å². The number of hydrogen-bond donors (Lipinski definition) is 2. The normalized spacial score (nSPS) is 21.0. The molecule has 1 saturated heterocycles.